The van der Waals surface area contributed by atoms with Crippen LogP contribution >= 0.6 is 0 Å². The van der Waals surface area contributed by atoms with Gasteiger partial charge in [-0.05, 0) is 35.4 Å². The Labute approximate surface area is 130 Å². The van der Waals surface area contributed by atoms with E-state index in [1.807, 2.05) is 12.1 Å². The van der Waals surface area contributed by atoms with Crippen molar-refractivity contribution < 1.29 is 4.79 Å². The molecule has 118 valence electrons. The van der Waals surface area contributed by atoms with Gasteiger partial charge in [0.25, 0.3) is 5.91 Å². The third-order valence-corrected chi connectivity index (χ3v) is 4.11. The van der Waals surface area contributed by atoms with Gasteiger partial charge in [-0.3, -0.25) is 4.79 Å². The van der Waals surface area contributed by atoms with Crippen LogP contribution in [0.4, 0.5) is 0 Å². The highest BCUT2D eigenvalue weighted by molar-refractivity contribution is 5.94. The number of carbonyl (C=O) groups is 1. The Balaban J connectivity index is 2.55. The van der Waals surface area contributed by atoms with E-state index in [1.54, 1.807) is 0 Å². The maximum Gasteiger partial charge on any atom is 0.251 e. The number of rotatable bonds is 7. The number of nitrogens with one attached hydrogen (secondary N) is 1. The summed E-state index contributed by atoms with van der Waals surface area (Å²) < 4.78 is 0. The summed E-state index contributed by atoms with van der Waals surface area (Å²) in [7, 11) is 0. The fourth-order valence-electron chi connectivity index (χ4n) is 2.40. The van der Waals surface area contributed by atoms with Crippen LogP contribution in [0.2, 0.25) is 0 Å². The predicted octanol–water partition coefficient (Wildman–Crippen LogP) is 4.93. The van der Waals surface area contributed by atoms with Crippen molar-refractivity contribution in [2.24, 2.45) is 5.92 Å². The van der Waals surface area contributed by atoms with E-state index in [2.05, 4.69) is 52.1 Å². The Morgan fingerprint density at radius 3 is 2.24 bits per heavy atom. The molecule has 1 aromatic rings. The van der Waals surface area contributed by atoms with Crippen LogP contribution in [0.5, 0.6) is 0 Å². The maximum atomic E-state index is 12.2. The molecular formula is C19H31NO. The Bertz CT molecular complexity index is 428. The van der Waals surface area contributed by atoms with Gasteiger partial charge in [-0.2, -0.15) is 0 Å². The van der Waals surface area contributed by atoms with Gasteiger partial charge in [0.15, 0.2) is 0 Å². The molecule has 1 N–H and O–H groups in total. The summed E-state index contributed by atoms with van der Waals surface area (Å²) in [5.74, 6) is 0.646. The molecular weight excluding hydrogens is 258 g/mol. The summed E-state index contributed by atoms with van der Waals surface area (Å²) in [5, 5.41) is 3.08. The van der Waals surface area contributed by atoms with E-state index in [4.69, 9.17) is 0 Å². The van der Waals surface area contributed by atoms with Gasteiger partial charge in [0.2, 0.25) is 0 Å². The monoisotopic (exact) mass is 289 g/mol. The lowest BCUT2D eigenvalue weighted by Crippen LogP contribution is -2.29. The van der Waals surface area contributed by atoms with Crippen molar-refractivity contribution >= 4 is 5.91 Å². The minimum absolute atomic E-state index is 0.0467. The van der Waals surface area contributed by atoms with Crippen LogP contribution in [0.15, 0.2) is 24.3 Å². The van der Waals surface area contributed by atoms with Gasteiger partial charge in [0.1, 0.15) is 0 Å². The third-order valence-electron chi connectivity index (χ3n) is 4.11. The molecule has 1 aromatic carbocycles. The molecule has 0 aliphatic rings. The summed E-state index contributed by atoms with van der Waals surface area (Å²) in [4.78, 5) is 12.2. The molecule has 0 aliphatic carbocycles. The van der Waals surface area contributed by atoms with E-state index in [-0.39, 0.29) is 11.3 Å². The van der Waals surface area contributed by atoms with Gasteiger partial charge in [-0.15, -0.1) is 0 Å². The highest BCUT2D eigenvalue weighted by Crippen LogP contribution is 2.22. The number of benzene rings is 1. The maximum absolute atomic E-state index is 12.2. The first-order chi connectivity index (χ1) is 9.88. The molecule has 0 saturated carbocycles. The molecule has 1 amide bonds. The summed E-state index contributed by atoms with van der Waals surface area (Å²) >= 11 is 0. The van der Waals surface area contributed by atoms with Crippen LogP contribution in [-0.4, -0.2) is 12.5 Å². The number of unbranched alkanes of at least 4 members (excludes halogenated alkanes) is 1. The van der Waals surface area contributed by atoms with E-state index >= 15 is 0 Å². The molecule has 1 rings (SSSR count). The normalized spacial score (nSPS) is 13.0. The zero-order valence-corrected chi connectivity index (χ0v) is 14.3. The first-order valence-electron chi connectivity index (χ1n) is 8.27. The molecule has 2 nitrogen and oxygen atoms in total. The van der Waals surface area contributed by atoms with Gasteiger partial charge in [-0.25, -0.2) is 0 Å². The lowest BCUT2D eigenvalue weighted by atomic mass is 9.86. The van der Waals surface area contributed by atoms with Gasteiger partial charge in [0, 0.05) is 12.1 Å². The largest absolute Gasteiger partial charge is 0.352 e. The number of amides is 1. The zero-order valence-electron chi connectivity index (χ0n) is 14.3. The van der Waals surface area contributed by atoms with Crippen LogP contribution in [0.3, 0.4) is 0 Å². The molecule has 1 atom stereocenters. The summed E-state index contributed by atoms with van der Waals surface area (Å²) in [6, 6.07) is 7.98. The topological polar surface area (TPSA) is 29.1 Å². The van der Waals surface area contributed by atoms with Crippen molar-refractivity contribution in [3.63, 3.8) is 0 Å². The fraction of sp³-hybridized carbons (Fsp3) is 0.632. The highest BCUT2D eigenvalue weighted by Gasteiger charge is 2.14. The fourth-order valence-corrected chi connectivity index (χ4v) is 2.40. The van der Waals surface area contributed by atoms with Crippen molar-refractivity contribution in [2.75, 3.05) is 6.54 Å². The second-order valence-electron chi connectivity index (χ2n) is 6.95. The number of carbonyl (C=O) groups excluding carboxylic acids is 1. The van der Waals surface area contributed by atoms with Crippen LogP contribution in [0, 0.1) is 5.92 Å². The van der Waals surface area contributed by atoms with Crippen LogP contribution in [0.1, 0.15) is 76.2 Å². The smallest absolute Gasteiger partial charge is 0.251 e. The number of hydrogen-bond donors (Lipinski definition) is 1. The Kier molecular flexibility index (Phi) is 6.94. The standard InChI is InChI=1S/C19H31NO/c1-6-8-9-15(7-2)14-20-18(21)16-10-12-17(13-11-16)19(3,4)5/h10-13,15H,6-9,14H2,1-5H3,(H,20,21)/t15-/m1/s1. The van der Waals surface area contributed by atoms with Crippen molar-refractivity contribution in [1.82, 2.24) is 5.32 Å². The Morgan fingerprint density at radius 2 is 1.76 bits per heavy atom. The van der Waals surface area contributed by atoms with Gasteiger partial charge >= 0.3 is 0 Å². The first-order valence-corrected chi connectivity index (χ1v) is 8.27. The molecule has 0 fully saturated rings. The second-order valence-corrected chi connectivity index (χ2v) is 6.95. The van der Waals surface area contributed by atoms with E-state index in [9.17, 15) is 4.79 Å². The van der Waals surface area contributed by atoms with Crippen molar-refractivity contribution in [3.05, 3.63) is 35.4 Å². The van der Waals surface area contributed by atoms with Gasteiger partial charge in [-0.1, -0.05) is 66.0 Å². The first kappa shape index (κ1) is 17.7. The minimum Gasteiger partial charge on any atom is -0.352 e. The van der Waals surface area contributed by atoms with E-state index in [1.165, 1.54) is 24.8 Å². The van der Waals surface area contributed by atoms with E-state index < -0.39 is 0 Å². The zero-order chi connectivity index (χ0) is 15.9. The van der Waals surface area contributed by atoms with Crippen LogP contribution in [0.25, 0.3) is 0 Å². The molecule has 0 spiro atoms. The molecule has 2 heteroatoms. The average Bonchev–Trinajstić information content (AvgIpc) is 2.46. The molecule has 0 bridgehead atoms. The molecule has 0 radical (unpaired) electrons. The van der Waals surface area contributed by atoms with Gasteiger partial charge in [0.05, 0.1) is 0 Å². The van der Waals surface area contributed by atoms with Crippen molar-refractivity contribution in [3.8, 4) is 0 Å². The van der Waals surface area contributed by atoms with Crippen LogP contribution in [-0.2, 0) is 5.41 Å². The summed E-state index contributed by atoms with van der Waals surface area (Å²) in [6.07, 6.45) is 4.80. The van der Waals surface area contributed by atoms with Gasteiger partial charge < -0.3 is 5.32 Å². The highest BCUT2D eigenvalue weighted by atomic mass is 16.1. The quantitative estimate of drug-likeness (QED) is 0.757. The lowest BCUT2D eigenvalue weighted by molar-refractivity contribution is 0.0946. The average molecular weight is 289 g/mol. The summed E-state index contributed by atoms with van der Waals surface area (Å²) in [5.41, 5.74) is 2.14. The van der Waals surface area contributed by atoms with Crippen molar-refractivity contribution in [1.29, 1.82) is 0 Å². The second kappa shape index (κ2) is 8.21. The molecule has 0 aliphatic heterocycles. The molecule has 0 saturated heterocycles. The molecule has 21 heavy (non-hydrogen) atoms. The lowest BCUT2D eigenvalue weighted by Gasteiger charge is -2.19. The Hall–Kier alpha value is -1.31. The van der Waals surface area contributed by atoms with Crippen LogP contribution < -0.4 is 5.32 Å². The number of hydrogen-bond acceptors (Lipinski definition) is 1. The van der Waals surface area contributed by atoms with E-state index in [0.29, 0.717) is 5.92 Å². The Morgan fingerprint density at radius 1 is 1.14 bits per heavy atom. The SMILES string of the molecule is CCCC[C@@H](CC)CNC(=O)c1ccc(C(C)(C)C)cc1. The minimum atomic E-state index is 0.0467. The molecule has 0 aromatic heterocycles. The van der Waals surface area contributed by atoms with E-state index in [0.717, 1.165) is 18.5 Å². The summed E-state index contributed by atoms with van der Waals surface area (Å²) in [6.45, 7) is 11.7. The predicted molar refractivity (Wildman–Crippen MR) is 90.8 cm³/mol. The molecule has 0 unspecified atom stereocenters. The van der Waals surface area contributed by atoms with Crippen molar-refractivity contribution in [2.45, 2.75) is 65.7 Å². The third kappa shape index (κ3) is 5.91. The molecule has 0 heterocycles.